The maximum atomic E-state index is 13.0. The van der Waals surface area contributed by atoms with Gasteiger partial charge in [-0.1, -0.05) is 25.4 Å². The topological polar surface area (TPSA) is 32.3 Å². The summed E-state index contributed by atoms with van der Waals surface area (Å²) in [6, 6.07) is 4.00. The van der Waals surface area contributed by atoms with Crippen molar-refractivity contribution in [3.05, 3.63) is 34.6 Å². The van der Waals surface area contributed by atoms with Gasteiger partial charge in [0.1, 0.15) is 5.82 Å². The molecule has 1 unspecified atom stereocenters. The van der Waals surface area contributed by atoms with Crippen LogP contribution in [-0.2, 0) is 0 Å². The zero-order chi connectivity index (χ0) is 12.1. The number of hydrogen-bond donors (Lipinski definition) is 2. The van der Waals surface area contributed by atoms with Crippen LogP contribution in [0.4, 0.5) is 4.39 Å². The summed E-state index contributed by atoms with van der Waals surface area (Å²) in [6.07, 6.45) is -0.776. The Kier molecular flexibility index (Phi) is 5.19. The molecule has 2 N–H and O–H groups in total. The van der Waals surface area contributed by atoms with Gasteiger partial charge < -0.3 is 10.4 Å². The molecule has 4 heteroatoms. The van der Waals surface area contributed by atoms with Crippen LogP contribution in [0.15, 0.2) is 18.2 Å². The van der Waals surface area contributed by atoms with Crippen LogP contribution in [0.5, 0.6) is 0 Å². The molecular weight excluding hydrogens is 229 g/mol. The molecule has 0 aliphatic heterocycles. The summed E-state index contributed by atoms with van der Waals surface area (Å²) in [7, 11) is 0. The molecule has 0 saturated heterocycles. The van der Waals surface area contributed by atoms with E-state index in [1.807, 2.05) is 0 Å². The van der Waals surface area contributed by atoms with Gasteiger partial charge in [-0.15, -0.1) is 0 Å². The third kappa shape index (κ3) is 4.08. The van der Waals surface area contributed by atoms with Crippen molar-refractivity contribution in [3.63, 3.8) is 0 Å². The van der Waals surface area contributed by atoms with Crippen molar-refractivity contribution in [2.75, 3.05) is 13.1 Å². The third-order valence-corrected chi connectivity index (χ3v) is 2.55. The number of aliphatic hydroxyl groups excluding tert-OH is 1. The molecule has 1 aromatic rings. The summed E-state index contributed by atoms with van der Waals surface area (Å²) < 4.78 is 13.0. The van der Waals surface area contributed by atoms with Gasteiger partial charge in [-0.3, -0.25) is 0 Å². The quantitative estimate of drug-likeness (QED) is 0.836. The van der Waals surface area contributed by atoms with Crippen LogP contribution in [-0.4, -0.2) is 18.2 Å². The monoisotopic (exact) mass is 245 g/mol. The number of rotatable bonds is 5. The second kappa shape index (κ2) is 6.18. The van der Waals surface area contributed by atoms with Gasteiger partial charge in [0.05, 0.1) is 6.10 Å². The van der Waals surface area contributed by atoms with E-state index in [0.717, 1.165) is 6.54 Å². The fraction of sp³-hybridized carbons (Fsp3) is 0.500. The fourth-order valence-electron chi connectivity index (χ4n) is 1.39. The molecule has 90 valence electrons. The molecule has 0 fully saturated rings. The fourth-order valence-corrected chi connectivity index (χ4v) is 1.63. The van der Waals surface area contributed by atoms with Gasteiger partial charge in [0.25, 0.3) is 0 Å². The van der Waals surface area contributed by atoms with Crippen LogP contribution < -0.4 is 5.32 Å². The molecule has 16 heavy (non-hydrogen) atoms. The van der Waals surface area contributed by atoms with Crippen LogP contribution in [0.25, 0.3) is 0 Å². The van der Waals surface area contributed by atoms with Crippen LogP contribution in [0.1, 0.15) is 25.5 Å². The highest BCUT2D eigenvalue weighted by atomic mass is 35.5. The minimum Gasteiger partial charge on any atom is -0.387 e. The molecule has 0 heterocycles. The van der Waals surface area contributed by atoms with E-state index >= 15 is 0 Å². The van der Waals surface area contributed by atoms with Crippen molar-refractivity contribution in [1.29, 1.82) is 0 Å². The van der Waals surface area contributed by atoms with Gasteiger partial charge in [0.15, 0.2) is 0 Å². The standard InChI is InChI=1S/C12H17ClFNO/c1-8(2)6-15-7-12(16)10-5-9(14)3-4-11(10)13/h3-5,8,12,15-16H,6-7H2,1-2H3. The lowest BCUT2D eigenvalue weighted by Crippen LogP contribution is -2.25. The van der Waals surface area contributed by atoms with E-state index in [1.165, 1.54) is 18.2 Å². The molecule has 1 aromatic carbocycles. The lowest BCUT2D eigenvalue weighted by Gasteiger charge is -2.14. The molecule has 0 aliphatic rings. The van der Waals surface area contributed by atoms with Gasteiger partial charge in [-0.05, 0) is 30.7 Å². The molecule has 1 rings (SSSR count). The van der Waals surface area contributed by atoms with Gasteiger partial charge in [-0.2, -0.15) is 0 Å². The van der Waals surface area contributed by atoms with Crippen LogP contribution in [0, 0.1) is 11.7 Å². The Balaban J connectivity index is 2.58. The maximum Gasteiger partial charge on any atom is 0.123 e. The lowest BCUT2D eigenvalue weighted by molar-refractivity contribution is 0.173. The van der Waals surface area contributed by atoms with E-state index in [9.17, 15) is 9.50 Å². The first kappa shape index (κ1) is 13.4. The number of halogens is 2. The highest BCUT2D eigenvalue weighted by molar-refractivity contribution is 6.31. The zero-order valence-corrected chi connectivity index (χ0v) is 10.3. The summed E-state index contributed by atoms with van der Waals surface area (Å²) in [6.45, 7) is 5.34. The lowest BCUT2D eigenvalue weighted by atomic mass is 10.1. The van der Waals surface area contributed by atoms with Crippen molar-refractivity contribution in [2.45, 2.75) is 20.0 Å². The van der Waals surface area contributed by atoms with Crippen molar-refractivity contribution >= 4 is 11.6 Å². The van der Waals surface area contributed by atoms with Crippen LogP contribution in [0.3, 0.4) is 0 Å². The van der Waals surface area contributed by atoms with Crippen molar-refractivity contribution in [3.8, 4) is 0 Å². The largest absolute Gasteiger partial charge is 0.387 e. The predicted molar refractivity (Wildman–Crippen MR) is 64.1 cm³/mol. The van der Waals surface area contributed by atoms with Crippen LogP contribution in [0.2, 0.25) is 5.02 Å². The summed E-state index contributed by atoms with van der Waals surface area (Å²) in [5.41, 5.74) is 0.429. The molecule has 0 spiro atoms. The normalized spacial score (nSPS) is 13.1. The Morgan fingerprint density at radius 3 is 2.69 bits per heavy atom. The average molecular weight is 246 g/mol. The highest BCUT2D eigenvalue weighted by Crippen LogP contribution is 2.23. The molecule has 0 bridgehead atoms. The molecule has 0 radical (unpaired) electrons. The minimum atomic E-state index is -0.776. The Morgan fingerprint density at radius 2 is 2.06 bits per heavy atom. The number of benzene rings is 1. The van der Waals surface area contributed by atoms with E-state index in [-0.39, 0.29) is 5.82 Å². The van der Waals surface area contributed by atoms with Gasteiger partial charge in [-0.25, -0.2) is 4.39 Å². The SMILES string of the molecule is CC(C)CNCC(O)c1cc(F)ccc1Cl. The molecule has 0 amide bonds. The van der Waals surface area contributed by atoms with Crippen LogP contribution >= 0.6 is 11.6 Å². The molecular formula is C12H17ClFNO. The molecule has 0 saturated carbocycles. The predicted octanol–water partition coefficient (Wildman–Crippen LogP) is 2.76. The summed E-state index contributed by atoms with van der Waals surface area (Å²) in [5, 5.41) is 13.3. The Bertz CT molecular complexity index is 344. The van der Waals surface area contributed by atoms with Gasteiger partial charge >= 0.3 is 0 Å². The smallest absolute Gasteiger partial charge is 0.123 e. The zero-order valence-electron chi connectivity index (χ0n) is 9.50. The minimum absolute atomic E-state index is 0.376. The van der Waals surface area contributed by atoms with Crippen molar-refractivity contribution < 1.29 is 9.50 Å². The summed E-state index contributed by atoms with van der Waals surface area (Å²) in [4.78, 5) is 0. The van der Waals surface area contributed by atoms with Gasteiger partial charge in [0, 0.05) is 17.1 Å². The molecule has 2 nitrogen and oxygen atoms in total. The first-order chi connectivity index (χ1) is 7.50. The first-order valence-electron chi connectivity index (χ1n) is 5.34. The highest BCUT2D eigenvalue weighted by Gasteiger charge is 2.12. The third-order valence-electron chi connectivity index (χ3n) is 2.21. The second-order valence-electron chi connectivity index (χ2n) is 4.23. The summed E-state index contributed by atoms with van der Waals surface area (Å²) in [5.74, 6) is 0.123. The van der Waals surface area contributed by atoms with E-state index in [1.54, 1.807) is 0 Å². The van der Waals surface area contributed by atoms with Gasteiger partial charge in [0.2, 0.25) is 0 Å². The molecule has 1 atom stereocenters. The Hall–Kier alpha value is -0.640. The van der Waals surface area contributed by atoms with E-state index in [0.29, 0.717) is 23.0 Å². The van der Waals surface area contributed by atoms with Crippen molar-refractivity contribution in [2.24, 2.45) is 5.92 Å². The van der Waals surface area contributed by atoms with E-state index in [2.05, 4.69) is 19.2 Å². The summed E-state index contributed by atoms with van der Waals surface area (Å²) >= 11 is 5.88. The number of aliphatic hydroxyl groups is 1. The average Bonchev–Trinajstić information content (AvgIpc) is 2.21. The van der Waals surface area contributed by atoms with Crippen molar-refractivity contribution in [1.82, 2.24) is 5.32 Å². The molecule has 0 aliphatic carbocycles. The molecule has 0 aromatic heterocycles. The second-order valence-corrected chi connectivity index (χ2v) is 4.64. The Morgan fingerprint density at radius 1 is 1.38 bits per heavy atom. The first-order valence-corrected chi connectivity index (χ1v) is 5.72. The Labute approximate surface area is 100 Å². The maximum absolute atomic E-state index is 13.0. The van der Waals surface area contributed by atoms with E-state index < -0.39 is 6.10 Å². The van der Waals surface area contributed by atoms with E-state index in [4.69, 9.17) is 11.6 Å². The number of nitrogens with one attached hydrogen (secondary N) is 1. The number of hydrogen-bond acceptors (Lipinski definition) is 2.